The normalized spacial score (nSPS) is 12.9. The third-order valence-electron chi connectivity index (χ3n) is 2.23. The van der Waals surface area contributed by atoms with Gasteiger partial charge in [0.25, 0.3) is 0 Å². The Morgan fingerprint density at radius 1 is 1.31 bits per heavy atom. The molecule has 1 heteroatoms. The molecular weight excluding hydrogens is 160 g/mol. The summed E-state index contributed by atoms with van der Waals surface area (Å²) < 4.78 is 0. The fourth-order valence-electron chi connectivity index (χ4n) is 1.20. The van der Waals surface area contributed by atoms with E-state index in [1.54, 1.807) is 6.92 Å². The van der Waals surface area contributed by atoms with Gasteiger partial charge in [0.2, 0.25) is 0 Å². The van der Waals surface area contributed by atoms with Crippen molar-refractivity contribution in [2.24, 2.45) is 0 Å². The van der Waals surface area contributed by atoms with Crippen LogP contribution in [0.5, 0.6) is 0 Å². The molecule has 0 bridgehead atoms. The Balaban J connectivity index is 2.63. The largest absolute Gasteiger partial charge is 0.393 e. The van der Waals surface area contributed by atoms with Gasteiger partial charge in [-0.2, -0.15) is 0 Å². The molecule has 1 unspecified atom stereocenters. The summed E-state index contributed by atoms with van der Waals surface area (Å²) in [7, 11) is 0. The lowest BCUT2D eigenvalue weighted by Crippen LogP contribution is -1.99. The van der Waals surface area contributed by atoms with Crippen LogP contribution >= 0.6 is 0 Å². The molecule has 1 atom stereocenters. The molecule has 0 saturated heterocycles. The molecule has 0 spiro atoms. The third kappa shape index (κ3) is 3.19. The van der Waals surface area contributed by atoms with Gasteiger partial charge in [-0.3, -0.25) is 0 Å². The van der Waals surface area contributed by atoms with Crippen LogP contribution in [0, 0.1) is 20.3 Å². The fraction of sp³-hybridized carbons (Fsp3) is 0.417. The lowest BCUT2D eigenvalue weighted by molar-refractivity contribution is 0.195. The summed E-state index contributed by atoms with van der Waals surface area (Å²) in [6.45, 7) is 6.01. The maximum Gasteiger partial charge on any atom is 0.0518 e. The molecule has 0 aliphatic rings. The molecule has 0 saturated carbocycles. The first kappa shape index (κ1) is 10.3. The Labute approximate surface area is 80.4 Å². The van der Waals surface area contributed by atoms with Crippen LogP contribution in [0.4, 0.5) is 0 Å². The van der Waals surface area contributed by atoms with Crippen LogP contribution in [0.2, 0.25) is 0 Å². The van der Waals surface area contributed by atoms with Crippen molar-refractivity contribution in [1.29, 1.82) is 0 Å². The minimum absolute atomic E-state index is 0.249. The Kier molecular flexibility index (Phi) is 3.49. The highest BCUT2D eigenvalue weighted by molar-refractivity contribution is 5.33. The first-order valence-electron chi connectivity index (χ1n) is 4.68. The number of hydrogen-bond donors (Lipinski definition) is 1. The molecular formula is C12H17O. The zero-order valence-electron chi connectivity index (χ0n) is 8.54. The van der Waals surface area contributed by atoms with E-state index in [1.807, 2.05) is 0 Å². The van der Waals surface area contributed by atoms with Crippen molar-refractivity contribution in [2.75, 3.05) is 0 Å². The van der Waals surface area contributed by atoms with Gasteiger partial charge >= 0.3 is 0 Å². The van der Waals surface area contributed by atoms with Crippen LogP contribution in [0.3, 0.4) is 0 Å². The van der Waals surface area contributed by atoms with Crippen LogP contribution in [0.25, 0.3) is 0 Å². The van der Waals surface area contributed by atoms with Crippen LogP contribution in [0.15, 0.2) is 18.2 Å². The minimum atomic E-state index is -0.249. The van der Waals surface area contributed by atoms with Gasteiger partial charge in [-0.1, -0.05) is 18.2 Å². The van der Waals surface area contributed by atoms with E-state index in [0.717, 1.165) is 6.42 Å². The van der Waals surface area contributed by atoms with Gasteiger partial charge < -0.3 is 5.11 Å². The van der Waals surface area contributed by atoms with Crippen LogP contribution in [-0.4, -0.2) is 11.2 Å². The minimum Gasteiger partial charge on any atom is -0.393 e. The smallest absolute Gasteiger partial charge is 0.0518 e. The molecule has 1 rings (SSSR count). The van der Waals surface area contributed by atoms with Crippen molar-refractivity contribution in [3.63, 3.8) is 0 Å². The molecule has 0 heterocycles. The van der Waals surface area contributed by atoms with E-state index in [-0.39, 0.29) is 6.10 Å². The van der Waals surface area contributed by atoms with E-state index in [9.17, 15) is 0 Å². The van der Waals surface area contributed by atoms with Crippen LogP contribution in [0.1, 0.15) is 30.0 Å². The third-order valence-corrected chi connectivity index (χ3v) is 2.23. The van der Waals surface area contributed by atoms with E-state index in [2.05, 4.69) is 38.5 Å². The van der Waals surface area contributed by atoms with Crippen molar-refractivity contribution in [3.8, 4) is 0 Å². The van der Waals surface area contributed by atoms with Gasteiger partial charge in [-0.25, -0.2) is 0 Å². The van der Waals surface area contributed by atoms with Crippen molar-refractivity contribution in [3.05, 3.63) is 41.3 Å². The summed E-state index contributed by atoms with van der Waals surface area (Å²) in [5.41, 5.74) is 3.82. The molecule has 1 nitrogen and oxygen atoms in total. The standard InChI is InChI=1S/C12H17O/c1-9-4-6-12(8-10(9)2)7-5-11(3)13/h4,6-8,11,13H,5H2,1-3H3. The molecule has 0 aliphatic heterocycles. The van der Waals surface area contributed by atoms with Crippen molar-refractivity contribution >= 4 is 0 Å². The van der Waals surface area contributed by atoms with E-state index in [4.69, 9.17) is 5.11 Å². The second-order valence-corrected chi connectivity index (χ2v) is 3.63. The molecule has 1 N–H and O–H groups in total. The number of aryl methyl sites for hydroxylation is 2. The van der Waals surface area contributed by atoms with E-state index in [0.29, 0.717) is 0 Å². The Morgan fingerprint density at radius 2 is 2.00 bits per heavy atom. The molecule has 1 aromatic carbocycles. The lowest BCUT2D eigenvalue weighted by Gasteiger charge is -2.06. The number of hydrogen-bond acceptors (Lipinski definition) is 1. The quantitative estimate of drug-likeness (QED) is 0.752. The number of aliphatic hydroxyl groups is 1. The van der Waals surface area contributed by atoms with Crippen molar-refractivity contribution in [2.45, 2.75) is 33.3 Å². The highest BCUT2D eigenvalue weighted by Gasteiger charge is 1.99. The average molecular weight is 177 g/mol. The van der Waals surface area contributed by atoms with Gasteiger partial charge in [0.15, 0.2) is 0 Å². The molecule has 0 aromatic heterocycles. The van der Waals surface area contributed by atoms with E-state index >= 15 is 0 Å². The molecule has 71 valence electrons. The number of aliphatic hydroxyl groups excluding tert-OH is 1. The maximum atomic E-state index is 9.11. The topological polar surface area (TPSA) is 20.2 Å². The molecule has 0 fully saturated rings. The van der Waals surface area contributed by atoms with Crippen molar-refractivity contribution < 1.29 is 5.11 Å². The van der Waals surface area contributed by atoms with Gasteiger partial charge in [0, 0.05) is 0 Å². The second-order valence-electron chi connectivity index (χ2n) is 3.63. The molecule has 1 radical (unpaired) electrons. The predicted octanol–water partition coefficient (Wildman–Crippen LogP) is 2.63. The van der Waals surface area contributed by atoms with Gasteiger partial charge in [-0.15, -0.1) is 0 Å². The first-order valence-corrected chi connectivity index (χ1v) is 4.68. The van der Waals surface area contributed by atoms with Crippen LogP contribution < -0.4 is 0 Å². The fourth-order valence-corrected chi connectivity index (χ4v) is 1.20. The van der Waals surface area contributed by atoms with E-state index < -0.39 is 0 Å². The monoisotopic (exact) mass is 177 g/mol. The summed E-state index contributed by atoms with van der Waals surface area (Å²) in [4.78, 5) is 0. The summed E-state index contributed by atoms with van der Waals surface area (Å²) in [5.74, 6) is 0. The average Bonchev–Trinajstić information content (AvgIpc) is 2.07. The van der Waals surface area contributed by atoms with Gasteiger partial charge in [0.1, 0.15) is 0 Å². The number of rotatable bonds is 3. The first-order chi connectivity index (χ1) is 6.09. The number of benzene rings is 1. The highest BCUT2D eigenvalue weighted by Crippen LogP contribution is 2.13. The Morgan fingerprint density at radius 3 is 2.54 bits per heavy atom. The van der Waals surface area contributed by atoms with Crippen LogP contribution in [-0.2, 0) is 0 Å². The summed E-state index contributed by atoms with van der Waals surface area (Å²) >= 11 is 0. The zero-order valence-corrected chi connectivity index (χ0v) is 8.54. The SMILES string of the molecule is Cc1ccc([CH]CC(C)O)cc1C. The zero-order chi connectivity index (χ0) is 9.84. The second kappa shape index (κ2) is 4.43. The molecule has 13 heavy (non-hydrogen) atoms. The Hall–Kier alpha value is -0.820. The molecule has 0 aliphatic carbocycles. The van der Waals surface area contributed by atoms with E-state index in [1.165, 1.54) is 16.7 Å². The lowest BCUT2D eigenvalue weighted by atomic mass is 10.0. The van der Waals surface area contributed by atoms with Gasteiger partial charge in [0.05, 0.1) is 6.10 Å². The Bertz CT molecular complexity index is 276. The highest BCUT2D eigenvalue weighted by atomic mass is 16.3. The molecule has 0 amide bonds. The summed E-state index contributed by atoms with van der Waals surface area (Å²) in [5, 5.41) is 9.11. The summed E-state index contributed by atoms with van der Waals surface area (Å²) in [6.07, 6.45) is 2.54. The van der Waals surface area contributed by atoms with Crippen molar-refractivity contribution in [1.82, 2.24) is 0 Å². The summed E-state index contributed by atoms with van der Waals surface area (Å²) in [6, 6.07) is 6.35. The maximum absolute atomic E-state index is 9.11. The van der Waals surface area contributed by atoms with Gasteiger partial charge in [-0.05, 0) is 50.3 Å². The molecule has 1 aromatic rings. The predicted molar refractivity (Wildman–Crippen MR) is 55.6 cm³/mol.